The van der Waals surface area contributed by atoms with Crippen LogP contribution < -0.4 is 0 Å². The number of ether oxygens (including phenoxy) is 1. The van der Waals surface area contributed by atoms with Gasteiger partial charge in [0.25, 0.3) is 0 Å². The van der Waals surface area contributed by atoms with Gasteiger partial charge in [-0.25, -0.2) is 14.6 Å². The molecule has 1 aromatic heterocycles. The summed E-state index contributed by atoms with van der Waals surface area (Å²) in [7, 11) is 0. The van der Waals surface area contributed by atoms with Gasteiger partial charge in [-0.05, 0) is 19.1 Å². The minimum absolute atomic E-state index is 0.0513. The summed E-state index contributed by atoms with van der Waals surface area (Å²) < 4.78 is 4.80. The van der Waals surface area contributed by atoms with Crippen LogP contribution in [-0.2, 0) is 4.74 Å². The zero-order chi connectivity index (χ0) is 13.1. The highest BCUT2D eigenvalue weighted by molar-refractivity contribution is 6.01. The first-order valence-electron chi connectivity index (χ1n) is 5.29. The lowest BCUT2D eigenvalue weighted by Gasteiger charge is -2.03. The summed E-state index contributed by atoms with van der Waals surface area (Å²) in [4.78, 5) is 30.4. The highest BCUT2D eigenvalue weighted by atomic mass is 16.5. The van der Waals surface area contributed by atoms with Crippen molar-refractivity contribution in [3.05, 3.63) is 35.7 Å². The summed E-state index contributed by atoms with van der Waals surface area (Å²) in [6.45, 7) is 1.93. The monoisotopic (exact) mass is 246 g/mol. The SMILES string of the molecule is CCOC(=O)c1cnc2c(C(=O)O)cccc2n1. The molecule has 0 saturated heterocycles. The number of benzene rings is 1. The molecule has 2 rings (SSSR count). The largest absolute Gasteiger partial charge is 0.478 e. The Bertz CT molecular complexity index is 625. The van der Waals surface area contributed by atoms with E-state index >= 15 is 0 Å². The van der Waals surface area contributed by atoms with E-state index in [0.29, 0.717) is 5.52 Å². The van der Waals surface area contributed by atoms with Gasteiger partial charge in [-0.15, -0.1) is 0 Å². The van der Waals surface area contributed by atoms with Crippen molar-refractivity contribution in [1.82, 2.24) is 9.97 Å². The number of carboxylic acid groups (broad SMARTS) is 1. The lowest BCUT2D eigenvalue weighted by Crippen LogP contribution is -2.08. The molecule has 0 aliphatic heterocycles. The molecule has 0 bridgehead atoms. The number of hydrogen-bond donors (Lipinski definition) is 1. The topological polar surface area (TPSA) is 89.4 Å². The van der Waals surface area contributed by atoms with Gasteiger partial charge >= 0.3 is 11.9 Å². The molecule has 1 N–H and O–H groups in total. The predicted octanol–water partition coefficient (Wildman–Crippen LogP) is 1.50. The number of rotatable bonds is 3. The minimum atomic E-state index is -1.08. The summed E-state index contributed by atoms with van der Waals surface area (Å²) in [6, 6.07) is 4.58. The van der Waals surface area contributed by atoms with Crippen LogP contribution in [0.4, 0.5) is 0 Å². The summed E-state index contributed by atoms with van der Waals surface area (Å²) >= 11 is 0. The molecule has 2 aromatic rings. The van der Waals surface area contributed by atoms with Gasteiger partial charge in [-0.3, -0.25) is 4.98 Å². The van der Waals surface area contributed by atoms with Crippen LogP contribution >= 0.6 is 0 Å². The fourth-order valence-corrected chi connectivity index (χ4v) is 1.52. The average molecular weight is 246 g/mol. The number of carbonyl (C=O) groups excluding carboxylic acids is 1. The standard InChI is InChI=1S/C12H10N2O4/c1-2-18-12(17)9-6-13-10-7(11(15)16)4-3-5-8(10)14-9/h3-6H,2H2,1H3,(H,15,16). The van der Waals surface area contributed by atoms with E-state index in [0.717, 1.165) is 0 Å². The second kappa shape index (κ2) is 4.79. The lowest BCUT2D eigenvalue weighted by atomic mass is 10.2. The molecule has 1 aromatic carbocycles. The average Bonchev–Trinajstić information content (AvgIpc) is 2.37. The Balaban J connectivity index is 2.53. The van der Waals surface area contributed by atoms with Gasteiger partial charge in [0.2, 0.25) is 0 Å². The second-order valence-corrected chi connectivity index (χ2v) is 3.45. The molecule has 1 heterocycles. The maximum atomic E-state index is 11.5. The quantitative estimate of drug-likeness (QED) is 0.825. The molecule has 0 atom stereocenters. The maximum Gasteiger partial charge on any atom is 0.358 e. The van der Waals surface area contributed by atoms with E-state index in [1.54, 1.807) is 19.1 Å². The van der Waals surface area contributed by atoms with Crippen LogP contribution in [0, 0.1) is 0 Å². The van der Waals surface area contributed by atoms with Gasteiger partial charge in [-0.1, -0.05) is 6.07 Å². The van der Waals surface area contributed by atoms with Crippen molar-refractivity contribution in [1.29, 1.82) is 0 Å². The Morgan fingerprint density at radius 1 is 1.39 bits per heavy atom. The molecular weight excluding hydrogens is 236 g/mol. The smallest absolute Gasteiger partial charge is 0.358 e. The van der Waals surface area contributed by atoms with E-state index in [-0.39, 0.29) is 23.4 Å². The van der Waals surface area contributed by atoms with Gasteiger partial charge < -0.3 is 9.84 Å². The minimum Gasteiger partial charge on any atom is -0.478 e. The van der Waals surface area contributed by atoms with Crippen LogP contribution in [0.15, 0.2) is 24.4 Å². The first-order chi connectivity index (χ1) is 8.63. The fraction of sp³-hybridized carbons (Fsp3) is 0.167. The molecular formula is C12H10N2O4. The number of carbonyl (C=O) groups is 2. The number of nitrogens with zero attached hydrogens (tertiary/aromatic N) is 2. The van der Waals surface area contributed by atoms with E-state index < -0.39 is 11.9 Å². The van der Waals surface area contributed by atoms with Crippen LogP contribution in [0.3, 0.4) is 0 Å². The second-order valence-electron chi connectivity index (χ2n) is 3.45. The molecule has 6 nitrogen and oxygen atoms in total. The molecule has 6 heteroatoms. The lowest BCUT2D eigenvalue weighted by molar-refractivity contribution is 0.0519. The Morgan fingerprint density at radius 2 is 2.17 bits per heavy atom. The number of para-hydroxylation sites is 1. The Labute approximate surface area is 102 Å². The van der Waals surface area contributed by atoms with E-state index in [9.17, 15) is 9.59 Å². The normalized spacial score (nSPS) is 10.3. The van der Waals surface area contributed by atoms with Gasteiger partial charge in [0.1, 0.15) is 5.52 Å². The van der Waals surface area contributed by atoms with Crippen LogP contribution in [0.2, 0.25) is 0 Å². The van der Waals surface area contributed by atoms with E-state index in [1.807, 2.05) is 0 Å². The number of esters is 1. The third-order valence-electron chi connectivity index (χ3n) is 2.29. The number of aromatic carboxylic acids is 1. The van der Waals surface area contributed by atoms with Gasteiger partial charge in [0.05, 0.1) is 23.9 Å². The van der Waals surface area contributed by atoms with Crippen LogP contribution in [0.5, 0.6) is 0 Å². The maximum absolute atomic E-state index is 11.5. The fourth-order valence-electron chi connectivity index (χ4n) is 1.52. The predicted molar refractivity (Wildman–Crippen MR) is 62.5 cm³/mol. The molecule has 0 unspecified atom stereocenters. The first-order valence-corrected chi connectivity index (χ1v) is 5.29. The zero-order valence-electron chi connectivity index (χ0n) is 9.58. The molecule has 0 aliphatic carbocycles. The van der Waals surface area contributed by atoms with Crippen molar-refractivity contribution in [3.63, 3.8) is 0 Å². The number of fused-ring (bicyclic) bond motifs is 1. The van der Waals surface area contributed by atoms with E-state index in [2.05, 4.69) is 9.97 Å². The summed E-state index contributed by atoms with van der Waals surface area (Å²) in [6.07, 6.45) is 1.22. The highest BCUT2D eigenvalue weighted by Gasteiger charge is 2.14. The molecule has 0 amide bonds. The first kappa shape index (κ1) is 12.0. The van der Waals surface area contributed by atoms with Crippen molar-refractivity contribution < 1.29 is 19.4 Å². The molecule has 92 valence electrons. The van der Waals surface area contributed by atoms with Crippen molar-refractivity contribution >= 4 is 23.0 Å². The highest BCUT2D eigenvalue weighted by Crippen LogP contribution is 2.15. The Morgan fingerprint density at radius 3 is 2.83 bits per heavy atom. The van der Waals surface area contributed by atoms with Gasteiger partial charge in [-0.2, -0.15) is 0 Å². The molecule has 18 heavy (non-hydrogen) atoms. The van der Waals surface area contributed by atoms with Gasteiger partial charge in [0, 0.05) is 0 Å². The van der Waals surface area contributed by atoms with Crippen molar-refractivity contribution in [3.8, 4) is 0 Å². The van der Waals surface area contributed by atoms with Gasteiger partial charge in [0.15, 0.2) is 5.69 Å². The summed E-state index contributed by atoms with van der Waals surface area (Å²) in [5, 5.41) is 8.99. The van der Waals surface area contributed by atoms with Crippen molar-refractivity contribution in [2.24, 2.45) is 0 Å². The molecule has 0 fully saturated rings. The Hall–Kier alpha value is -2.50. The summed E-state index contributed by atoms with van der Waals surface area (Å²) in [5.41, 5.74) is 0.709. The number of aromatic nitrogens is 2. The molecule has 0 aliphatic rings. The van der Waals surface area contributed by atoms with Crippen LogP contribution in [0.25, 0.3) is 11.0 Å². The molecule has 0 spiro atoms. The van der Waals surface area contributed by atoms with Crippen molar-refractivity contribution in [2.45, 2.75) is 6.92 Å². The van der Waals surface area contributed by atoms with Crippen molar-refractivity contribution in [2.75, 3.05) is 6.61 Å². The zero-order valence-corrected chi connectivity index (χ0v) is 9.58. The third kappa shape index (κ3) is 2.13. The number of hydrogen-bond acceptors (Lipinski definition) is 5. The number of carboxylic acids is 1. The molecule has 0 saturated carbocycles. The molecule has 0 radical (unpaired) electrons. The van der Waals surface area contributed by atoms with Crippen LogP contribution in [0.1, 0.15) is 27.8 Å². The van der Waals surface area contributed by atoms with E-state index in [1.165, 1.54) is 12.3 Å². The summed E-state index contributed by atoms with van der Waals surface area (Å²) in [5.74, 6) is -1.66. The van der Waals surface area contributed by atoms with Crippen LogP contribution in [-0.4, -0.2) is 33.6 Å². The Kier molecular flexibility index (Phi) is 3.18. The third-order valence-corrected chi connectivity index (χ3v) is 2.29. The van der Waals surface area contributed by atoms with E-state index in [4.69, 9.17) is 9.84 Å².